The lowest BCUT2D eigenvalue weighted by Crippen LogP contribution is -2.53. The first kappa shape index (κ1) is 34.7. The summed E-state index contributed by atoms with van der Waals surface area (Å²) in [6, 6.07) is 6.91. The van der Waals surface area contributed by atoms with Crippen LogP contribution in [0.4, 0.5) is 14.5 Å². The number of imidazole rings is 1. The minimum atomic E-state index is -1.18. The number of methoxy groups -OCH3 is 1. The first-order valence-electron chi connectivity index (χ1n) is 15.4. The zero-order valence-corrected chi connectivity index (χ0v) is 27.0. The molecule has 0 radical (unpaired) electrons. The van der Waals surface area contributed by atoms with Crippen molar-refractivity contribution in [1.29, 1.82) is 0 Å². The lowest BCUT2D eigenvalue weighted by atomic mass is 9.95. The van der Waals surface area contributed by atoms with Crippen LogP contribution in [0.1, 0.15) is 45.1 Å². The van der Waals surface area contributed by atoms with Crippen LogP contribution in [0.25, 0.3) is 0 Å². The van der Waals surface area contributed by atoms with Crippen molar-refractivity contribution in [3.05, 3.63) is 75.8 Å². The van der Waals surface area contributed by atoms with Crippen molar-refractivity contribution in [2.45, 2.75) is 19.3 Å². The van der Waals surface area contributed by atoms with Gasteiger partial charge in [0, 0.05) is 57.3 Å². The van der Waals surface area contributed by atoms with Crippen molar-refractivity contribution in [3.63, 3.8) is 0 Å². The number of hydrogen-bond donors (Lipinski definition) is 2. The number of aromatic nitrogens is 2. The van der Waals surface area contributed by atoms with E-state index in [0.717, 1.165) is 37.2 Å². The molecule has 5 rings (SSSR count). The van der Waals surface area contributed by atoms with Gasteiger partial charge in [0.15, 0.2) is 11.6 Å². The van der Waals surface area contributed by atoms with Gasteiger partial charge < -0.3 is 35.3 Å². The maximum atomic E-state index is 14.6. The van der Waals surface area contributed by atoms with Crippen LogP contribution in [0, 0.1) is 17.6 Å². The molecule has 0 atom stereocenters. The maximum absolute atomic E-state index is 14.6. The zero-order chi connectivity index (χ0) is 34.4. The molecule has 2 saturated heterocycles. The number of ether oxygens (including phenoxy) is 1. The van der Waals surface area contributed by atoms with Crippen LogP contribution >= 0.6 is 11.6 Å². The van der Waals surface area contributed by atoms with Crippen LogP contribution < -0.4 is 20.6 Å². The SMILES string of the molecule is COc1ccc(Cc2cnc(C(=O)Nc3ccc(C(=O)N4CCN(C(=O)C5CCN(CCN)CC5)CC4)c(Cl)c3)n2OC=O)c(F)c1F. The molecule has 13 nitrogen and oxygen atoms in total. The fourth-order valence-electron chi connectivity index (χ4n) is 5.96. The normalized spacial score (nSPS) is 15.7. The second-order valence-electron chi connectivity index (χ2n) is 11.5. The number of anilines is 1. The van der Waals surface area contributed by atoms with E-state index in [1.54, 1.807) is 4.90 Å². The number of piperazine rings is 1. The second kappa shape index (κ2) is 15.5. The van der Waals surface area contributed by atoms with Crippen molar-refractivity contribution in [3.8, 4) is 5.75 Å². The molecule has 3 aromatic rings. The number of carbonyl (C=O) groups excluding carboxylic acids is 4. The number of benzene rings is 2. The van der Waals surface area contributed by atoms with Gasteiger partial charge in [-0.25, -0.2) is 9.37 Å². The molecule has 0 spiro atoms. The lowest BCUT2D eigenvalue weighted by molar-refractivity contribution is -0.138. The third kappa shape index (κ3) is 7.58. The maximum Gasteiger partial charge on any atom is 0.321 e. The summed E-state index contributed by atoms with van der Waals surface area (Å²) in [6.45, 7) is 4.78. The Morgan fingerprint density at radius 2 is 1.75 bits per heavy atom. The highest BCUT2D eigenvalue weighted by atomic mass is 35.5. The quantitative estimate of drug-likeness (QED) is 0.289. The van der Waals surface area contributed by atoms with Gasteiger partial charge in [0.25, 0.3) is 11.8 Å². The standard InChI is InChI=1S/C32H36ClF2N7O6/c1-47-26-5-2-21(27(34)28(26)35)16-23-18-37-29(42(23)48-19-43)30(44)38-22-3-4-24(25(33)17-22)32(46)41-14-12-40(13-15-41)31(45)20-6-9-39(10-7-20)11-8-36/h2-5,17-20H,6-16,36H2,1H3,(H,38,44). The van der Waals surface area contributed by atoms with Crippen molar-refractivity contribution >= 4 is 41.5 Å². The molecule has 48 heavy (non-hydrogen) atoms. The van der Waals surface area contributed by atoms with Gasteiger partial charge in [-0.2, -0.15) is 9.12 Å². The number of halogens is 3. The predicted molar refractivity (Wildman–Crippen MR) is 171 cm³/mol. The van der Waals surface area contributed by atoms with Gasteiger partial charge in [0.05, 0.1) is 29.6 Å². The van der Waals surface area contributed by atoms with E-state index in [9.17, 15) is 28.0 Å². The van der Waals surface area contributed by atoms with Crippen LogP contribution in [0.15, 0.2) is 36.5 Å². The Hall–Kier alpha value is -4.60. The molecule has 256 valence electrons. The average Bonchev–Trinajstić information content (AvgIpc) is 3.49. The molecule has 0 aliphatic carbocycles. The molecule has 0 saturated carbocycles. The summed E-state index contributed by atoms with van der Waals surface area (Å²) in [6.07, 6.45) is 2.53. The topological polar surface area (TPSA) is 152 Å². The van der Waals surface area contributed by atoms with Crippen LogP contribution in [0.2, 0.25) is 5.02 Å². The zero-order valence-electron chi connectivity index (χ0n) is 26.3. The molecule has 3 amide bonds. The highest BCUT2D eigenvalue weighted by Crippen LogP contribution is 2.26. The minimum absolute atomic E-state index is 0.0193. The molecular weight excluding hydrogens is 652 g/mol. The summed E-state index contributed by atoms with van der Waals surface area (Å²) in [5.74, 6) is -3.97. The monoisotopic (exact) mass is 687 g/mol. The van der Waals surface area contributed by atoms with Gasteiger partial charge in [-0.05, 0) is 55.8 Å². The third-order valence-corrected chi connectivity index (χ3v) is 8.89. The Bertz CT molecular complexity index is 1670. The number of carbonyl (C=O) groups is 4. The van der Waals surface area contributed by atoms with E-state index in [2.05, 4.69) is 15.2 Å². The average molecular weight is 688 g/mol. The fraction of sp³-hybridized carbons (Fsp3) is 0.406. The minimum Gasteiger partial charge on any atom is -0.494 e. The Morgan fingerprint density at radius 3 is 2.40 bits per heavy atom. The largest absolute Gasteiger partial charge is 0.494 e. The van der Waals surface area contributed by atoms with Crippen LogP contribution in [-0.4, -0.2) is 108 Å². The van der Waals surface area contributed by atoms with E-state index in [4.69, 9.17) is 26.9 Å². The molecule has 3 heterocycles. The molecular formula is C32H36ClF2N7O6. The molecule has 3 N–H and O–H groups in total. The number of piperidine rings is 1. The van der Waals surface area contributed by atoms with Crippen LogP contribution in [0.5, 0.6) is 5.75 Å². The van der Waals surface area contributed by atoms with Gasteiger partial charge in [0.1, 0.15) is 0 Å². The van der Waals surface area contributed by atoms with Gasteiger partial charge in [-0.15, -0.1) is 0 Å². The number of likely N-dealkylation sites (tertiary alicyclic amines) is 1. The van der Waals surface area contributed by atoms with Crippen molar-refractivity contribution in [2.24, 2.45) is 11.7 Å². The molecule has 2 fully saturated rings. The summed E-state index contributed by atoms with van der Waals surface area (Å²) in [5.41, 5.74) is 6.09. The molecule has 1 aromatic heterocycles. The van der Waals surface area contributed by atoms with E-state index in [-0.39, 0.29) is 69.7 Å². The van der Waals surface area contributed by atoms with Crippen molar-refractivity contribution < 1.29 is 37.5 Å². The third-order valence-electron chi connectivity index (χ3n) is 8.58. The van der Waals surface area contributed by atoms with E-state index in [1.807, 2.05) is 4.90 Å². The molecule has 2 aromatic carbocycles. The number of amides is 3. The first-order valence-corrected chi connectivity index (χ1v) is 15.8. The van der Waals surface area contributed by atoms with Crippen molar-refractivity contribution in [2.75, 3.05) is 64.8 Å². The van der Waals surface area contributed by atoms with E-state index in [1.165, 1.54) is 43.6 Å². The number of hydrogen-bond acceptors (Lipinski definition) is 9. The Labute approximate surface area is 280 Å². The Balaban J connectivity index is 1.19. The van der Waals surface area contributed by atoms with Crippen molar-refractivity contribution in [1.82, 2.24) is 24.4 Å². The summed E-state index contributed by atoms with van der Waals surface area (Å²) in [5, 5.41) is 2.67. The van der Waals surface area contributed by atoms with Gasteiger partial charge in [0.2, 0.25) is 17.5 Å². The first-order chi connectivity index (χ1) is 23.1. The van der Waals surface area contributed by atoms with Gasteiger partial charge in [-0.1, -0.05) is 17.7 Å². The van der Waals surface area contributed by atoms with Crippen LogP contribution in [-0.2, 0) is 16.0 Å². The fourth-order valence-corrected chi connectivity index (χ4v) is 6.23. The summed E-state index contributed by atoms with van der Waals surface area (Å²) >= 11 is 6.47. The molecule has 2 aliphatic rings. The van der Waals surface area contributed by atoms with Gasteiger partial charge >= 0.3 is 6.47 Å². The van der Waals surface area contributed by atoms with Gasteiger partial charge in [-0.3, -0.25) is 19.2 Å². The van der Waals surface area contributed by atoms with E-state index < -0.39 is 17.5 Å². The summed E-state index contributed by atoms with van der Waals surface area (Å²) in [4.78, 5) is 65.4. The second-order valence-corrected chi connectivity index (χ2v) is 11.9. The van der Waals surface area contributed by atoms with E-state index >= 15 is 0 Å². The summed E-state index contributed by atoms with van der Waals surface area (Å²) < 4.78 is 34.4. The van der Waals surface area contributed by atoms with E-state index in [0.29, 0.717) is 32.7 Å². The summed E-state index contributed by atoms with van der Waals surface area (Å²) in [7, 11) is 1.20. The Morgan fingerprint density at radius 1 is 1.04 bits per heavy atom. The molecule has 0 bridgehead atoms. The molecule has 0 unspecified atom stereocenters. The highest BCUT2D eigenvalue weighted by molar-refractivity contribution is 6.34. The molecule has 2 aliphatic heterocycles. The number of rotatable bonds is 11. The number of nitrogens with two attached hydrogens (primary N) is 1. The molecule has 16 heteroatoms. The highest BCUT2D eigenvalue weighted by Gasteiger charge is 2.32. The number of nitrogens with zero attached hydrogens (tertiary/aromatic N) is 5. The van der Waals surface area contributed by atoms with Crippen LogP contribution in [0.3, 0.4) is 0 Å². The smallest absolute Gasteiger partial charge is 0.321 e. The number of nitrogens with one attached hydrogen (secondary N) is 1. The lowest BCUT2D eigenvalue weighted by Gasteiger charge is -2.38. The Kier molecular flexibility index (Phi) is 11.2. The predicted octanol–water partition coefficient (Wildman–Crippen LogP) is 2.21.